The van der Waals surface area contributed by atoms with Gasteiger partial charge in [0.25, 0.3) is 0 Å². The topological polar surface area (TPSA) is 58.2 Å². The Hall–Kier alpha value is -1.06. The van der Waals surface area contributed by atoms with Crippen molar-refractivity contribution in [3.63, 3.8) is 0 Å². The largest absolute Gasteiger partial charge is 0.353 e. The zero-order chi connectivity index (χ0) is 18.5. The maximum absolute atomic E-state index is 12.0. The number of hydrogen-bond acceptors (Lipinski definition) is 2. The molecule has 2 fully saturated rings. The molecule has 2 amide bonds. The molecule has 2 rings (SSSR count). The molecule has 0 bridgehead atoms. The van der Waals surface area contributed by atoms with Gasteiger partial charge in [0, 0.05) is 24.9 Å². The molecule has 0 aliphatic heterocycles. The van der Waals surface area contributed by atoms with E-state index in [4.69, 9.17) is 0 Å². The highest BCUT2D eigenvalue weighted by Gasteiger charge is 2.15. The molecule has 0 aromatic carbocycles. The number of amides is 2. The van der Waals surface area contributed by atoms with Crippen LogP contribution in [0.2, 0.25) is 0 Å². The van der Waals surface area contributed by atoms with Gasteiger partial charge >= 0.3 is 0 Å². The van der Waals surface area contributed by atoms with Crippen LogP contribution in [0.25, 0.3) is 0 Å². The number of unbranched alkanes of at least 4 members (excludes halogenated alkanes) is 3. The normalized spacial score (nSPS) is 20.2. The fourth-order valence-corrected chi connectivity index (χ4v) is 4.37. The summed E-state index contributed by atoms with van der Waals surface area (Å²) < 4.78 is 0. The van der Waals surface area contributed by atoms with Crippen LogP contribution in [0.1, 0.15) is 116 Å². The van der Waals surface area contributed by atoms with E-state index in [0.29, 0.717) is 24.9 Å². The van der Waals surface area contributed by atoms with Crippen LogP contribution in [-0.4, -0.2) is 23.9 Å². The van der Waals surface area contributed by atoms with Crippen LogP contribution in [0.4, 0.5) is 0 Å². The molecule has 2 saturated carbocycles. The molecule has 26 heavy (non-hydrogen) atoms. The van der Waals surface area contributed by atoms with Gasteiger partial charge in [-0.25, -0.2) is 0 Å². The first-order chi connectivity index (χ1) is 12.7. The molecule has 0 aromatic heterocycles. The Morgan fingerprint density at radius 3 is 1.23 bits per heavy atom. The van der Waals surface area contributed by atoms with E-state index in [9.17, 15) is 9.59 Å². The molecule has 2 N–H and O–H groups in total. The highest BCUT2D eigenvalue weighted by molar-refractivity contribution is 5.76. The number of rotatable bonds is 9. The summed E-state index contributed by atoms with van der Waals surface area (Å²) in [7, 11) is 0. The van der Waals surface area contributed by atoms with Crippen molar-refractivity contribution in [3.05, 3.63) is 0 Å². The van der Waals surface area contributed by atoms with Crippen LogP contribution >= 0.6 is 0 Å². The SMILES string of the molecule is O=C(CCCCCCC(=O)NC1CCCCCC1)NC1CCCCCC1. The van der Waals surface area contributed by atoms with Crippen LogP contribution < -0.4 is 10.6 Å². The molecule has 0 saturated heterocycles. The molecular formula is C22H40N2O2. The third-order valence-corrected chi connectivity index (χ3v) is 6.00. The van der Waals surface area contributed by atoms with Crippen molar-refractivity contribution in [3.8, 4) is 0 Å². The van der Waals surface area contributed by atoms with Gasteiger partial charge in [-0.15, -0.1) is 0 Å². The van der Waals surface area contributed by atoms with Crippen molar-refractivity contribution in [2.75, 3.05) is 0 Å². The molecule has 0 unspecified atom stereocenters. The van der Waals surface area contributed by atoms with Gasteiger partial charge in [-0.05, 0) is 38.5 Å². The fourth-order valence-electron chi connectivity index (χ4n) is 4.37. The van der Waals surface area contributed by atoms with E-state index in [2.05, 4.69) is 10.6 Å². The zero-order valence-electron chi connectivity index (χ0n) is 16.7. The maximum atomic E-state index is 12.0. The second-order valence-electron chi connectivity index (χ2n) is 8.43. The Labute approximate surface area is 160 Å². The van der Waals surface area contributed by atoms with Gasteiger partial charge in [0.1, 0.15) is 0 Å². The molecule has 4 heteroatoms. The van der Waals surface area contributed by atoms with Crippen molar-refractivity contribution < 1.29 is 9.59 Å². The summed E-state index contributed by atoms with van der Waals surface area (Å²) in [6.07, 6.45) is 20.2. The van der Waals surface area contributed by atoms with Gasteiger partial charge in [-0.3, -0.25) is 9.59 Å². The summed E-state index contributed by atoms with van der Waals surface area (Å²) >= 11 is 0. The van der Waals surface area contributed by atoms with Crippen molar-refractivity contribution in [1.29, 1.82) is 0 Å². The van der Waals surface area contributed by atoms with E-state index in [0.717, 1.165) is 51.4 Å². The average molecular weight is 365 g/mol. The second-order valence-corrected chi connectivity index (χ2v) is 8.43. The highest BCUT2D eigenvalue weighted by Crippen LogP contribution is 2.18. The van der Waals surface area contributed by atoms with Crippen molar-refractivity contribution >= 4 is 11.8 Å². The van der Waals surface area contributed by atoms with Crippen molar-refractivity contribution in [2.45, 2.75) is 128 Å². The Morgan fingerprint density at radius 2 is 0.885 bits per heavy atom. The lowest BCUT2D eigenvalue weighted by molar-refractivity contribution is -0.123. The molecular weight excluding hydrogens is 324 g/mol. The van der Waals surface area contributed by atoms with Crippen LogP contribution in [0.15, 0.2) is 0 Å². The van der Waals surface area contributed by atoms with Gasteiger partial charge in [-0.1, -0.05) is 64.2 Å². The van der Waals surface area contributed by atoms with E-state index < -0.39 is 0 Å². The Balaban J connectivity index is 1.44. The fraction of sp³-hybridized carbons (Fsp3) is 0.909. The Bertz CT molecular complexity index is 357. The average Bonchev–Trinajstić information content (AvgIpc) is 3.03. The number of hydrogen-bond donors (Lipinski definition) is 2. The van der Waals surface area contributed by atoms with Gasteiger partial charge < -0.3 is 10.6 Å². The summed E-state index contributed by atoms with van der Waals surface area (Å²) in [5.74, 6) is 0.450. The monoisotopic (exact) mass is 364 g/mol. The lowest BCUT2D eigenvalue weighted by Crippen LogP contribution is -2.34. The van der Waals surface area contributed by atoms with Gasteiger partial charge in [0.2, 0.25) is 11.8 Å². The second kappa shape index (κ2) is 13.2. The number of nitrogens with one attached hydrogen (secondary N) is 2. The van der Waals surface area contributed by atoms with E-state index in [1.807, 2.05) is 0 Å². The molecule has 0 atom stereocenters. The van der Waals surface area contributed by atoms with Crippen LogP contribution in [-0.2, 0) is 9.59 Å². The third-order valence-electron chi connectivity index (χ3n) is 6.00. The molecule has 0 aromatic rings. The van der Waals surface area contributed by atoms with Crippen LogP contribution in [0, 0.1) is 0 Å². The first kappa shape index (κ1) is 21.2. The minimum atomic E-state index is 0.225. The molecule has 0 radical (unpaired) electrons. The minimum absolute atomic E-state index is 0.225. The summed E-state index contributed by atoms with van der Waals surface area (Å²) in [5, 5.41) is 6.43. The molecule has 4 nitrogen and oxygen atoms in total. The predicted octanol–water partition coefficient (Wildman–Crippen LogP) is 5.01. The number of carbonyl (C=O) groups excluding carboxylic acids is 2. The van der Waals surface area contributed by atoms with Crippen LogP contribution in [0.5, 0.6) is 0 Å². The summed E-state index contributed by atoms with van der Waals surface area (Å²) in [4.78, 5) is 24.1. The van der Waals surface area contributed by atoms with E-state index in [-0.39, 0.29) is 11.8 Å². The lowest BCUT2D eigenvalue weighted by atomic mass is 10.1. The quantitative estimate of drug-likeness (QED) is 0.446. The third kappa shape index (κ3) is 9.59. The maximum Gasteiger partial charge on any atom is 0.220 e. The summed E-state index contributed by atoms with van der Waals surface area (Å²) in [5.41, 5.74) is 0. The number of carbonyl (C=O) groups is 2. The first-order valence-electron chi connectivity index (χ1n) is 11.3. The molecule has 0 spiro atoms. The van der Waals surface area contributed by atoms with E-state index >= 15 is 0 Å². The highest BCUT2D eigenvalue weighted by atomic mass is 16.2. The standard InChI is InChI=1S/C22H40N2O2/c25-21(23-19-13-7-1-2-8-14-19)17-11-5-6-12-18-22(26)24-20-15-9-3-4-10-16-20/h19-20H,1-18H2,(H,23,25)(H,24,26). The zero-order valence-corrected chi connectivity index (χ0v) is 16.7. The summed E-state index contributed by atoms with van der Waals surface area (Å²) in [6, 6.07) is 0.829. The van der Waals surface area contributed by atoms with Crippen molar-refractivity contribution in [1.82, 2.24) is 10.6 Å². The smallest absolute Gasteiger partial charge is 0.220 e. The summed E-state index contributed by atoms with van der Waals surface area (Å²) in [6.45, 7) is 0. The van der Waals surface area contributed by atoms with E-state index in [1.165, 1.54) is 51.4 Å². The Kier molecular flexibility index (Phi) is 10.8. The molecule has 0 heterocycles. The van der Waals surface area contributed by atoms with Gasteiger partial charge in [0.15, 0.2) is 0 Å². The first-order valence-corrected chi connectivity index (χ1v) is 11.3. The molecule has 2 aliphatic carbocycles. The molecule has 150 valence electrons. The van der Waals surface area contributed by atoms with Crippen molar-refractivity contribution in [2.24, 2.45) is 0 Å². The van der Waals surface area contributed by atoms with E-state index in [1.54, 1.807) is 0 Å². The van der Waals surface area contributed by atoms with Crippen LogP contribution in [0.3, 0.4) is 0 Å². The predicted molar refractivity (Wildman–Crippen MR) is 107 cm³/mol. The van der Waals surface area contributed by atoms with Gasteiger partial charge in [0.05, 0.1) is 0 Å². The molecule has 2 aliphatic rings. The minimum Gasteiger partial charge on any atom is -0.353 e. The Morgan fingerprint density at radius 1 is 0.538 bits per heavy atom. The lowest BCUT2D eigenvalue weighted by Gasteiger charge is -2.16. The van der Waals surface area contributed by atoms with Gasteiger partial charge in [-0.2, -0.15) is 0 Å².